The highest BCUT2D eigenvalue weighted by Crippen LogP contribution is 2.25. The van der Waals surface area contributed by atoms with Crippen LogP contribution in [0.4, 0.5) is 11.5 Å². The first-order valence-electron chi connectivity index (χ1n) is 8.65. The lowest BCUT2D eigenvalue weighted by Gasteiger charge is -2.13. The Labute approximate surface area is 153 Å². The molecule has 0 atom stereocenters. The minimum atomic E-state index is -0.240. The summed E-state index contributed by atoms with van der Waals surface area (Å²) < 4.78 is 0. The Balaban J connectivity index is 1.64. The summed E-state index contributed by atoms with van der Waals surface area (Å²) in [5.41, 5.74) is 3.54. The molecule has 3 rings (SSSR count). The van der Waals surface area contributed by atoms with E-state index in [0.717, 1.165) is 11.3 Å². The van der Waals surface area contributed by atoms with Crippen molar-refractivity contribution in [2.24, 2.45) is 0 Å². The third kappa shape index (κ3) is 4.45. The highest BCUT2D eigenvalue weighted by atomic mass is 16.1. The molecule has 0 radical (unpaired) electrons. The van der Waals surface area contributed by atoms with Gasteiger partial charge in [0.1, 0.15) is 0 Å². The number of hydrogen-bond donors (Lipinski definition) is 2. The number of benzene rings is 2. The molecule has 0 fully saturated rings. The van der Waals surface area contributed by atoms with Crippen molar-refractivity contribution in [2.75, 3.05) is 5.32 Å². The smallest absolute Gasteiger partial charge is 0.272 e. The lowest BCUT2D eigenvalue weighted by molar-refractivity contribution is 0.0945. The van der Waals surface area contributed by atoms with Crippen LogP contribution in [0.5, 0.6) is 0 Å². The summed E-state index contributed by atoms with van der Waals surface area (Å²) in [6.07, 6.45) is 0. The molecule has 0 aliphatic heterocycles. The molecule has 5 nitrogen and oxygen atoms in total. The number of para-hydroxylation sites is 1. The van der Waals surface area contributed by atoms with Crippen LogP contribution in [0.25, 0.3) is 0 Å². The van der Waals surface area contributed by atoms with Crippen LogP contribution in [0, 0.1) is 0 Å². The van der Waals surface area contributed by atoms with Crippen molar-refractivity contribution in [3.8, 4) is 0 Å². The molecule has 26 heavy (non-hydrogen) atoms. The van der Waals surface area contributed by atoms with E-state index in [2.05, 4.69) is 40.7 Å². The van der Waals surface area contributed by atoms with Gasteiger partial charge in [-0.1, -0.05) is 62.4 Å². The monoisotopic (exact) mass is 346 g/mol. The molecule has 0 aliphatic carbocycles. The number of aromatic nitrogens is 2. The standard InChI is InChI=1S/C21H22N4O/c1-15(2)17-10-6-7-11-18(17)23-20-13-12-19(24-25-20)21(26)22-14-16-8-4-3-5-9-16/h3-13,15H,14H2,1-2H3,(H,22,26)(H,23,25). The second-order valence-electron chi connectivity index (χ2n) is 6.34. The topological polar surface area (TPSA) is 66.9 Å². The molecule has 132 valence electrons. The highest BCUT2D eigenvalue weighted by Gasteiger charge is 2.10. The molecule has 1 amide bonds. The van der Waals surface area contributed by atoms with Gasteiger partial charge in [0.2, 0.25) is 0 Å². The van der Waals surface area contributed by atoms with Crippen LogP contribution >= 0.6 is 0 Å². The third-order valence-electron chi connectivity index (χ3n) is 4.04. The number of hydrogen-bond acceptors (Lipinski definition) is 4. The van der Waals surface area contributed by atoms with Gasteiger partial charge in [-0.3, -0.25) is 4.79 Å². The minimum Gasteiger partial charge on any atom is -0.347 e. The fourth-order valence-corrected chi connectivity index (χ4v) is 2.64. The van der Waals surface area contributed by atoms with Crippen LogP contribution in [0.1, 0.15) is 41.4 Å². The van der Waals surface area contributed by atoms with E-state index < -0.39 is 0 Å². The zero-order valence-electron chi connectivity index (χ0n) is 14.9. The average Bonchev–Trinajstić information content (AvgIpc) is 2.68. The van der Waals surface area contributed by atoms with Gasteiger partial charge in [-0.25, -0.2) is 0 Å². The molecule has 0 saturated carbocycles. The second-order valence-corrected chi connectivity index (χ2v) is 6.34. The van der Waals surface area contributed by atoms with Crippen LogP contribution in [0.2, 0.25) is 0 Å². The van der Waals surface area contributed by atoms with Crippen LogP contribution in [-0.4, -0.2) is 16.1 Å². The Hall–Kier alpha value is -3.21. The maximum Gasteiger partial charge on any atom is 0.272 e. The molecule has 3 aromatic rings. The number of nitrogens with zero attached hydrogens (tertiary/aromatic N) is 2. The lowest BCUT2D eigenvalue weighted by Crippen LogP contribution is -2.24. The molecular weight excluding hydrogens is 324 g/mol. The number of nitrogens with one attached hydrogen (secondary N) is 2. The van der Waals surface area contributed by atoms with Crippen molar-refractivity contribution in [2.45, 2.75) is 26.3 Å². The molecule has 0 aliphatic rings. The average molecular weight is 346 g/mol. The van der Waals surface area contributed by atoms with Gasteiger partial charge in [-0.15, -0.1) is 10.2 Å². The fraction of sp³-hybridized carbons (Fsp3) is 0.190. The molecule has 0 spiro atoms. The van der Waals surface area contributed by atoms with Gasteiger partial charge in [0.05, 0.1) is 0 Å². The number of anilines is 2. The number of rotatable bonds is 6. The van der Waals surface area contributed by atoms with E-state index in [1.54, 1.807) is 12.1 Å². The molecular formula is C21H22N4O. The summed E-state index contributed by atoms with van der Waals surface area (Å²) in [5, 5.41) is 14.3. The Kier molecular flexibility index (Phi) is 5.59. The highest BCUT2D eigenvalue weighted by molar-refractivity contribution is 5.92. The summed E-state index contributed by atoms with van der Waals surface area (Å²) in [6.45, 7) is 4.75. The normalized spacial score (nSPS) is 10.6. The van der Waals surface area contributed by atoms with Gasteiger partial charge >= 0.3 is 0 Å². The van der Waals surface area contributed by atoms with Crippen LogP contribution in [0.3, 0.4) is 0 Å². The van der Waals surface area contributed by atoms with Crippen molar-refractivity contribution >= 4 is 17.4 Å². The summed E-state index contributed by atoms with van der Waals surface area (Å²) in [7, 11) is 0. The van der Waals surface area contributed by atoms with E-state index >= 15 is 0 Å². The first-order valence-corrected chi connectivity index (χ1v) is 8.65. The van der Waals surface area contributed by atoms with E-state index in [9.17, 15) is 4.79 Å². The molecule has 5 heteroatoms. The summed E-state index contributed by atoms with van der Waals surface area (Å²) in [6, 6.07) is 21.3. The number of carbonyl (C=O) groups is 1. The summed E-state index contributed by atoms with van der Waals surface area (Å²) in [4.78, 5) is 12.2. The predicted molar refractivity (Wildman–Crippen MR) is 103 cm³/mol. The predicted octanol–water partition coefficient (Wildman–Crippen LogP) is 4.27. The Morgan fingerprint density at radius 2 is 1.65 bits per heavy atom. The second kappa shape index (κ2) is 8.25. The maximum absolute atomic E-state index is 12.2. The maximum atomic E-state index is 12.2. The zero-order valence-corrected chi connectivity index (χ0v) is 14.9. The first-order chi connectivity index (χ1) is 12.6. The van der Waals surface area contributed by atoms with Crippen LogP contribution in [0.15, 0.2) is 66.7 Å². The molecule has 0 unspecified atom stereocenters. The van der Waals surface area contributed by atoms with Gasteiger partial charge in [0.15, 0.2) is 11.5 Å². The third-order valence-corrected chi connectivity index (χ3v) is 4.04. The van der Waals surface area contributed by atoms with Crippen molar-refractivity contribution in [1.29, 1.82) is 0 Å². The van der Waals surface area contributed by atoms with Gasteiger partial charge in [-0.2, -0.15) is 0 Å². The van der Waals surface area contributed by atoms with Gasteiger partial charge < -0.3 is 10.6 Å². The van der Waals surface area contributed by atoms with E-state index in [-0.39, 0.29) is 5.91 Å². The first kappa shape index (κ1) is 17.6. The minimum absolute atomic E-state index is 0.240. The SMILES string of the molecule is CC(C)c1ccccc1Nc1ccc(C(=O)NCc2ccccc2)nn1. The summed E-state index contributed by atoms with van der Waals surface area (Å²) in [5.74, 6) is 0.767. The van der Waals surface area contributed by atoms with Gasteiger partial charge in [-0.05, 0) is 35.2 Å². The van der Waals surface area contributed by atoms with E-state index in [4.69, 9.17) is 0 Å². The van der Waals surface area contributed by atoms with E-state index in [1.165, 1.54) is 5.56 Å². The fourth-order valence-electron chi connectivity index (χ4n) is 2.64. The van der Waals surface area contributed by atoms with E-state index in [0.29, 0.717) is 24.0 Å². The van der Waals surface area contributed by atoms with Crippen LogP contribution < -0.4 is 10.6 Å². The quantitative estimate of drug-likeness (QED) is 0.699. The van der Waals surface area contributed by atoms with Gasteiger partial charge in [0.25, 0.3) is 5.91 Å². The van der Waals surface area contributed by atoms with Crippen molar-refractivity contribution < 1.29 is 4.79 Å². The van der Waals surface area contributed by atoms with E-state index in [1.807, 2.05) is 48.5 Å². The molecule has 2 aromatic carbocycles. The Morgan fingerprint density at radius 3 is 2.35 bits per heavy atom. The Morgan fingerprint density at radius 1 is 0.923 bits per heavy atom. The zero-order chi connectivity index (χ0) is 18.4. The van der Waals surface area contributed by atoms with Gasteiger partial charge in [0, 0.05) is 12.2 Å². The molecule has 0 bridgehead atoms. The number of amides is 1. The molecule has 1 heterocycles. The lowest BCUT2D eigenvalue weighted by atomic mass is 10.0. The van der Waals surface area contributed by atoms with Crippen molar-refractivity contribution in [3.63, 3.8) is 0 Å². The molecule has 0 saturated heterocycles. The van der Waals surface area contributed by atoms with Crippen molar-refractivity contribution in [3.05, 3.63) is 83.6 Å². The molecule has 2 N–H and O–H groups in total. The van der Waals surface area contributed by atoms with Crippen LogP contribution in [-0.2, 0) is 6.54 Å². The largest absolute Gasteiger partial charge is 0.347 e. The summed E-state index contributed by atoms with van der Waals surface area (Å²) >= 11 is 0. The Bertz CT molecular complexity index is 861. The van der Waals surface area contributed by atoms with Crippen molar-refractivity contribution in [1.82, 2.24) is 15.5 Å². The molecule has 1 aromatic heterocycles. The number of carbonyl (C=O) groups excluding carboxylic acids is 1.